The van der Waals surface area contributed by atoms with Crippen molar-refractivity contribution in [2.24, 2.45) is 0 Å². The minimum absolute atomic E-state index is 0.356. The molecule has 0 aliphatic rings. The van der Waals surface area contributed by atoms with E-state index >= 15 is 0 Å². The number of amides is 1. The highest BCUT2D eigenvalue weighted by molar-refractivity contribution is 9.10. The second kappa shape index (κ2) is 4.65. The number of carbonyl (C=O) groups is 2. The van der Waals surface area contributed by atoms with Crippen LogP contribution in [0.15, 0.2) is 21.4 Å². The molecule has 2 rings (SSSR count). The van der Waals surface area contributed by atoms with E-state index < -0.39 is 18.3 Å². The lowest BCUT2D eigenvalue weighted by molar-refractivity contribution is -0.139. The lowest BCUT2D eigenvalue weighted by Crippen LogP contribution is -2.16. The van der Waals surface area contributed by atoms with Crippen LogP contribution in [0.1, 0.15) is 6.42 Å². The lowest BCUT2D eigenvalue weighted by atomic mass is 10.2. The summed E-state index contributed by atoms with van der Waals surface area (Å²) in [6, 6.07) is 3.15. The van der Waals surface area contributed by atoms with Crippen LogP contribution in [0, 0.1) is 0 Å². The number of fused-ring (bicyclic) bond motifs is 1. The van der Waals surface area contributed by atoms with Crippen molar-refractivity contribution in [1.29, 1.82) is 0 Å². The molecule has 7 nitrogen and oxygen atoms in total. The number of aromatic amines is 2. The number of carbonyl (C=O) groups excluding carboxylic acids is 1. The van der Waals surface area contributed by atoms with Gasteiger partial charge in [-0.05, 0) is 28.1 Å². The van der Waals surface area contributed by atoms with Crippen LogP contribution in [-0.2, 0) is 9.59 Å². The smallest absolute Gasteiger partial charge is 0.323 e. The minimum Gasteiger partial charge on any atom is -0.481 e. The van der Waals surface area contributed by atoms with E-state index in [2.05, 4.69) is 31.2 Å². The lowest BCUT2D eigenvalue weighted by Gasteiger charge is -2.06. The third-order valence-electron chi connectivity index (χ3n) is 2.19. The van der Waals surface area contributed by atoms with Crippen molar-refractivity contribution in [1.82, 2.24) is 9.97 Å². The minimum atomic E-state index is -1.21. The van der Waals surface area contributed by atoms with E-state index in [1.807, 2.05) is 0 Å². The number of rotatable bonds is 3. The number of carboxylic acids is 1. The molecule has 0 bridgehead atoms. The van der Waals surface area contributed by atoms with Crippen LogP contribution in [-0.4, -0.2) is 27.0 Å². The molecule has 0 saturated heterocycles. The maximum absolute atomic E-state index is 11.3. The average Bonchev–Trinajstić information content (AvgIpc) is 2.56. The number of aromatic nitrogens is 2. The van der Waals surface area contributed by atoms with Crippen molar-refractivity contribution < 1.29 is 14.7 Å². The third-order valence-corrected chi connectivity index (χ3v) is 2.85. The van der Waals surface area contributed by atoms with Crippen molar-refractivity contribution in [2.45, 2.75) is 6.42 Å². The van der Waals surface area contributed by atoms with Crippen molar-refractivity contribution in [2.75, 3.05) is 5.32 Å². The van der Waals surface area contributed by atoms with Crippen molar-refractivity contribution in [3.63, 3.8) is 0 Å². The zero-order valence-corrected chi connectivity index (χ0v) is 10.5. The van der Waals surface area contributed by atoms with Crippen molar-refractivity contribution >= 4 is 44.5 Å². The SMILES string of the molecule is O=C(O)CC(=O)Nc1cc2[nH]c(=O)[nH]c2cc1Br. The maximum Gasteiger partial charge on any atom is 0.323 e. The molecule has 0 fully saturated rings. The molecule has 0 aliphatic heterocycles. The summed E-state index contributed by atoms with van der Waals surface area (Å²) in [5.41, 5.74) is 1.15. The van der Waals surface area contributed by atoms with Gasteiger partial charge in [0.05, 0.1) is 16.7 Å². The van der Waals surface area contributed by atoms with Gasteiger partial charge in [-0.25, -0.2) is 4.79 Å². The van der Waals surface area contributed by atoms with Crippen LogP contribution in [0.4, 0.5) is 5.69 Å². The van der Waals surface area contributed by atoms with E-state index in [9.17, 15) is 14.4 Å². The summed E-state index contributed by atoms with van der Waals surface area (Å²) in [6.45, 7) is 0. The first kappa shape index (κ1) is 12.4. The summed E-state index contributed by atoms with van der Waals surface area (Å²) in [6.07, 6.45) is -0.617. The van der Waals surface area contributed by atoms with Crippen LogP contribution in [0.3, 0.4) is 0 Å². The molecule has 0 unspecified atom stereocenters. The van der Waals surface area contributed by atoms with Crippen LogP contribution in [0.5, 0.6) is 0 Å². The van der Waals surface area contributed by atoms with Gasteiger partial charge < -0.3 is 20.4 Å². The van der Waals surface area contributed by atoms with Gasteiger partial charge in [-0.3, -0.25) is 9.59 Å². The monoisotopic (exact) mass is 313 g/mol. The number of hydrogen-bond donors (Lipinski definition) is 4. The molecule has 0 saturated carbocycles. The number of imidazole rings is 1. The Morgan fingerprint density at radius 2 is 1.89 bits per heavy atom. The average molecular weight is 314 g/mol. The van der Waals surface area contributed by atoms with Crippen molar-refractivity contribution in [3.8, 4) is 0 Å². The highest BCUT2D eigenvalue weighted by Crippen LogP contribution is 2.26. The molecule has 0 spiro atoms. The molecule has 1 aromatic carbocycles. The molecule has 1 heterocycles. The summed E-state index contributed by atoms with van der Waals surface area (Å²) in [5, 5.41) is 10.9. The summed E-state index contributed by atoms with van der Waals surface area (Å²) in [7, 11) is 0. The molecular weight excluding hydrogens is 306 g/mol. The number of nitrogens with one attached hydrogen (secondary N) is 3. The van der Waals surface area contributed by atoms with Gasteiger partial charge in [0, 0.05) is 4.47 Å². The number of benzene rings is 1. The van der Waals surface area contributed by atoms with Gasteiger partial charge in [-0.1, -0.05) is 0 Å². The fraction of sp³-hybridized carbons (Fsp3) is 0.100. The van der Waals surface area contributed by atoms with E-state index in [1.165, 1.54) is 6.07 Å². The van der Waals surface area contributed by atoms with Crippen LogP contribution < -0.4 is 11.0 Å². The van der Waals surface area contributed by atoms with Crippen LogP contribution in [0.2, 0.25) is 0 Å². The Hall–Kier alpha value is -2.09. The first-order chi connectivity index (χ1) is 8.45. The predicted molar refractivity (Wildman–Crippen MR) is 67.5 cm³/mol. The quantitative estimate of drug-likeness (QED) is 0.633. The standard InChI is InChI=1S/C10H8BrN3O4/c11-4-1-6-7(14-10(18)13-6)2-5(4)12-8(15)3-9(16)17/h1-2H,3H2,(H,12,15)(H,16,17)(H2,13,14,18). The number of aliphatic carboxylic acids is 1. The Kier molecular flexibility index (Phi) is 3.19. The Balaban J connectivity index is 2.32. The van der Waals surface area contributed by atoms with Crippen molar-refractivity contribution in [3.05, 3.63) is 27.1 Å². The number of anilines is 1. The normalized spacial score (nSPS) is 10.5. The molecule has 2 aromatic rings. The van der Waals surface area contributed by atoms with E-state index in [1.54, 1.807) is 6.07 Å². The molecule has 1 amide bonds. The first-order valence-electron chi connectivity index (χ1n) is 4.89. The summed E-state index contributed by atoms with van der Waals surface area (Å²) in [4.78, 5) is 37.9. The van der Waals surface area contributed by atoms with Gasteiger partial charge in [-0.15, -0.1) is 0 Å². The molecule has 8 heteroatoms. The largest absolute Gasteiger partial charge is 0.481 e. The molecule has 0 aliphatic carbocycles. The highest BCUT2D eigenvalue weighted by Gasteiger charge is 2.11. The van der Waals surface area contributed by atoms with Crippen LogP contribution in [0.25, 0.3) is 11.0 Å². The third kappa shape index (κ3) is 2.59. The number of H-pyrrole nitrogens is 2. The number of halogens is 1. The molecule has 0 radical (unpaired) electrons. The van der Waals surface area contributed by atoms with Gasteiger partial charge >= 0.3 is 11.7 Å². The van der Waals surface area contributed by atoms with E-state index in [-0.39, 0.29) is 5.69 Å². The van der Waals surface area contributed by atoms with Crippen LogP contribution >= 0.6 is 15.9 Å². The Morgan fingerprint density at radius 1 is 1.28 bits per heavy atom. The first-order valence-corrected chi connectivity index (χ1v) is 5.68. The summed E-state index contributed by atoms with van der Waals surface area (Å²) in [5.74, 6) is -1.85. The van der Waals surface area contributed by atoms with Gasteiger partial charge in [0.1, 0.15) is 6.42 Å². The fourth-order valence-corrected chi connectivity index (χ4v) is 1.93. The Morgan fingerprint density at radius 3 is 2.50 bits per heavy atom. The topological polar surface area (TPSA) is 115 Å². The van der Waals surface area contributed by atoms with E-state index in [4.69, 9.17) is 5.11 Å². The molecule has 1 aromatic heterocycles. The van der Waals surface area contributed by atoms with E-state index in [0.717, 1.165) is 0 Å². The molecule has 0 atom stereocenters. The Labute approximate surface area is 108 Å². The zero-order valence-electron chi connectivity index (χ0n) is 8.91. The van der Waals surface area contributed by atoms with Gasteiger partial charge in [0.2, 0.25) is 5.91 Å². The van der Waals surface area contributed by atoms with Gasteiger partial charge in [0.25, 0.3) is 0 Å². The highest BCUT2D eigenvalue weighted by atomic mass is 79.9. The molecule has 94 valence electrons. The molecular formula is C10H8BrN3O4. The maximum atomic E-state index is 11.3. The number of carboxylic acid groups (broad SMARTS) is 1. The summed E-state index contributed by atoms with van der Waals surface area (Å²) < 4.78 is 0.545. The summed E-state index contributed by atoms with van der Waals surface area (Å²) >= 11 is 3.22. The molecule has 18 heavy (non-hydrogen) atoms. The second-order valence-electron chi connectivity index (χ2n) is 3.58. The Bertz CT molecular complexity index is 688. The van der Waals surface area contributed by atoms with Gasteiger partial charge in [-0.2, -0.15) is 0 Å². The predicted octanol–water partition coefficient (Wildman–Crippen LogP) is 1.03. The second-order valence-corrected chi connectivity index (χ2v) is 4.43. The van der Waals surface area contributed by atoms with E-state index in [0.29, 0.717) is 21.2 Å². The van der Waals surface area contributed by atoms with Gasteiger partial charge in [0.15, 0.2) is 0 Å². The number of hydrogen-bond acceptors (Lipinski definition) is 3. The molecule has 4 N–H and O–H groups in total. The zero-order chi connectivity index (χ0) is 13.3. The fourth-order valence-electron chi connectivity index (χ4n) is 1.48.